The van der Waals surface area contributed by atoms with Crippen LogP contribution in [0.15, 0.2) is 46.4 Å². The minimum Gasteiger partial charge on any atom is -0.497 e. The highest BCUT2D eigenvalue weighted by atomic mass is 79.9. The normalized spacial score (nSPS) is 10.7. The predicted molar refractivity (Wildman–Crippen MR) is 123 cm³/mol. The molecule has 0 unspecified atom stereocenters. The van der Waals surface area contributed by atoms with E-state index in [0.29, 0.717) is 39.6 Å². The second kappa shape index (κ2) is 12.4. The number of anilines is 1. The van der Waals surface area contributed by atoms with Crippen molar-refractivity contribution in [2.45, 2.75) is 13.8 Å². The second-order valence-electron chi connectivity index (χ2n) is 6.20. The molecule has 1 N–H and O–H groups in total. The van der Waals surface area contributed by atoms with Crippen molar-refractivity contribution in [2.75, 3.05) is 32.2 Å². The summed E-state index contributed by atoms with van der Waals surface area (Å²) in [6, 6.07) is 11.9. The summed E-state index contributed by atoms with van der Waals surface area (Å²) in [5, 5.41) is 12.2. The van der Waals surface area contributed by atoms with Gasteiger partial charge in [0.2, 0.25) is 0 Å². The van der Waals surface area contributed by atoms with Gasteiger partial charge in [0.05, 0.1) is 20.3 Å². The van der Waals surface area contributed by atoms with Gasteiger partial charge in [-0.3, -0.25) is 4.79 Å². The molecule has 8 nitrogen and oxygen atoms in total. The quantitative estimate of drug-likeness (QED) is 0.292. The van der Waals surface area contributed by atoms with E-state index >= 15 is 0 Å². The molecule has 9 heteroatoms. The monoisotopic (exact) mass is 502 g/mol. The van der Waals surface area contributed by atoms with E-state index < -0.39 is 11.9 Å². The number of nitrogens with zero attached hydrogens (tertiary/aromatic N) is 1. The number of carbonyl (C=O) groups excluding carboxylic acids is 2. The van der Waals surface area contributed by atoms with Crippen molar-refractivity contribution in [1.82, 2.24) is 0 Å². The topological polar surface area (TPSA) is 107 Å². The van der Waals surface area contributed by atoms with Crippen molar-refractivity contribution >= 4 is 39.6 Å². The maximum absolute atomic E-state index is 12.6. The third-order valence-corrected chi connectivity index (χ3v) is 4.71. The SMILES string of the molecule is CCOC(=O)COc1cc(Br)c(/C=C(\C#N)C(=O)Nc2ccc(OC)cc2)cc1OCC. The van der Waals surface area contributed by atoms with E-state index in [1.807, 2.05) is 6.07 Å². The van der Waals surface area contributed by atoms with E-state index in [9.17, 15) is 14.9 Å². The number of benzene rings is 2. The Balaban J connectivity index is 2.26. The molecule has 0 aliphatic carbocycles. The minimum atomic E-state index is -0.565. The third kappa shape index (κ3) is 7.03. The molecule has 0 saturated carbocycles. The first-order chi connectivity index (χ1) is 15.4. The fourth-order valence-corrected chi connectivity index (χ4v) is 3.00. The zero-order valence-electron chi connectivity index (χ0n) is 17.9. The molecule has 0 heterocycles. The van der Waals surface area contributed by atoms with Crippen molar-refractivity contribution in [3.05, 3.63) is 52.0 Å². The summed E-state index contributed by atoms with van der Waals surface area (Å²) < 4.78 is 21.6. The zero-order chi connectivity index (χ0) is 23.5. The molecular weight excluding hydrogens is 480 g/mol. The van der Waals surface area contributed by atoms with Crippen molar-refractivity contribution in [2.24, 2.45) is 0 Å². The maximum Gasteiger partial charge on any atom is 0.344 e. The van der Waals surface area contributed by atoms with Crippen LogP contribution in [0.3, 0.4) is 0 Å². The molecule has 2 aromatic rings. The van der Waals surface area contributed by atoms with Gasteiger partial charge >= 0.3 is 5.97 Å². The van der Waals surface area contributed by atoms with E-state index in [1.165, 1.54) is 6.08 Å². The molecule has 168 valence electrons. The lowest BCUT2D eigenvalue weighted by Crippen LogP contribution is -2.15. The van der Waals surface area contributed by atoms with Gasteiger partial charge in [-0.2, -0.15) is 5.26 Å². The van der Waals surface area contributed by atoms with E-state index in [0.717, 1.165) is 0 Å². The van der Waals surface area contributed by atoms with E-state index in [4.69, 9.17) is 18.9 Å². The number of rotatable bonds is 10. The molecule has 0 spiro atoms. The fraction of sp³-hybridized carbons (Fsp3) is 0.261. The Labute approximate surface area is 194 Å². The van der Waals surface area contributed by atoms with Crippen molar-refractivity contribution in [1.29, 1.82) is 5.26 Å². The Bertz CT molecular complexity index is 1030. The van der Waals surface area contributed by atoms with Crippen LogP contribution >= 0.6 is 15.9 Å². The highest BCUT2D eigenvalue weighted by molar-refractivity contribution is 9.10. The summed E-state index contributed by atoms with van der Waals surface area (Å²) in [7, 11) is 1.55. The lowest BCUT2D eigenvalue weighted by Gasteiger charge is -2.14. The van der Waals surface area contributed by atoms with Crippen LogP contribution in [0.25, 0.3) is 6.08 Å². The summed E-state index contributed by atoms with van der Waals surface area (Å²) >= 11 is 3.41. The number of nitriles is 1. The number of methoxy groups -OCH3 is 1. The van der Waals surface area contributed by atoms with Gasteiger partial charge in [-0.1, -0.05) is 15.9 Å². The molecule has 0 aliphatic rings. The van der Waals surface area contributed by atoms with Crippen LogP contribution in [0.2, 0.25) is 0 Å². The first-order valence-electron chi connectivity index (χ1n) is 9.73. The summed E-state index contributed by atoms with van der Waals surface area (Å²) in [5.41, 5.74) is 0.941. The van der Waals surface area contributed by atoms with Crippen LogP contribution in [-0.4, -0.2) is 38.8 Å². The molecule has 32 heavy (non-hydrogen) atoms. The molecule has 2 rings (SSSR count). The van der Waals surface area contributed by atoms with E-state index in [-0.39, 0.29) is 18.8 Å². The largest absolute Gasteiger partial charge is 0.497 e. The Hall–Kier alpha value is -3.51. The van der Waals surface area contributed by atoms with Crippen LogP contribution in [-0.2, 0) is 14.3 Å². The number of carbonyl (C=O) groups is 2. The molecular formula is C23H23BrN2O6. The molecule has 0 aliphatic heterocycles. The van der Waals surface area contributed by atoms with Crippen molar-refractivity contribution in [3.8, 4) is 23.3 Å². The van der Waals surface area contributed by atoms with Gasteiger partial charge in [0.1, 0.15) is 17.4 Å². The van der Waals surface area contributed by atoms with Gasteiger partial charge in [0, 0.05) is 10.2 Å². The summed E-state index contributed by atoms with van der Waals surface area (Å²) in [4.78, 5) is 24.2. The molecule has 0 saturated heterocycles. The van der Waals surface area contributed by atoms with Crippen LogP contribution in [0.5, 0.6) is 17.2 Å². The second-order valence-corrected chi connectivity index (χ2v) is 7.05. The summed E-state index contributed by atoms with van der Waals surface area (Å²) in [6.07, 6.45) is 1.43. The smallest absolute Gasteiger partial charge is 0.344 e. The van der Waals surface area contributed by atoms with Gasteiger partial charge in [0.25, 0.3) is 5.91 Å². The Morgan fingerprint density at radius 1 is 1.09 bits per heavy atom. The number of nitrogens with one attached hydrogen (secondary N) is 1. The van der Waals surface area contributed by atoms with Crippen molar-refractivity contribution < 1.29 is 28.5 Å². The summed E-state index contributed by atoms with van der Waals surface area (Å²) in [6.45, 7) is 3.84. The zero-order valence-corrected chi connectivity index (χ0v) is 19.5. The number of hydrogen-bond acceptors (Lipinski definition) is 7. The van der Waals surface area contributed by atoms with Gasteiger partial charge in [-0.25, -0.2) is 4.79 Å². The third-order valence-electron chi connectivity index (χ3n) is 4.03. The molecule has 1 amide bonds. The predicted octanol–water partition coefficient (Wildman–Crippen LogP) is 4.34. The fourth-order valence-electron chi connectivity index (χ4n) is 2.56. The lowest BCUT2D eigenvalue weighted by atomic mass is 10.1. The van der Waals surface area contributed by atoms with Gasteiger partial charge in [-0.05, 0) is 61.9 Å². The lowest BCUT2D eigenvalue weighted by molar-refractivity contribution is -0.145. The van der Waals surface area contributed by atoms with Gasteiger partial charge in [-0.15, -0.1) is 0 Å². The molecule has 0 bridgehead atoms. The van der Waals surface area contributed by atoms with Crippen LogP contribution in [0.4, 0.5) is 5.69 Å². The number of esters is 1. The standard InChI is InChI=1S/C23H23BrN2O6/c1-4-30-20-11-15(19(24)12-21(20)32-14-22(27)31-5-2)10-16(13-25)23(28)26-17-6-8-18(29-3)9-7-17/h6-12H,4-5,14H2,1-3H3,(H,26,28)/b16-10+. The Morgan fingerprint density at radius 3 is 2.38 bits per heavy atom. The maximum atomic E-state index is 12.6. The van der Waals surface area contributed by atoms with E-state index in [2.05, 4.69) is 21.2 Å². The molecule has 0 aromatic heterocycles. The molecule has 0 radical (unpaired) electrons. The average Bonchev–Trinajstić information content (AvgIpc) is 2.78. The molecule has 2 aromatic carbocycles. The van der Waals surface area contributed by atoms with Gasteiger partial charge < -0.3 is 24.3 Å². The highest BCUT2D eigenvalue weighted by Gasteiger charge is 2.15. The summed E-state index contributed by atoms with van der Waals surface area (Å²) in [5.74, 6) is 0.267. The number of ether oxygens (including phenoxy) is 4. The van der Waals surface area contributed by atoms with Crippen LogP contribution in [0, 0.1) is 11.3 Å². The first kappa shape index (κ1) is 24.8. The highest BCUT2D eigenvalue weighted by Crippen LogP contribution is 2.35. The Kier molecular flexibility index (Phi) is 9.57. The van der Waals surface area contributed by atoms with Crippen LogP contribution in [0.1, 0.15) is 19.4 Å². The number of hydrogen-bond donors (Lipinski definition) is 1. The minimum absolute atomic E-state index is 0.107. The van der Waals surface area contributed by atoms with Gasteiger partial charge in [0.15, 0.2) is 18.1 Å². The number of halogens is 1. The average molecular weight is 503 g/mol. The molecule has 0 atom stereocenters. The molecule has 0 fully saturated rings. The Morgan fingerprint density at radius 2 is 1.78 bits per heavy atom. The van der Waals surface area contributed by atoms with Crippen LogP contribution < -0.4 is 19.5 Å². The number of amides is 1. The first-order valence-corrected chi connectivity index (χ1v) is 10.5. The van der Waals surface area contributed by atoms with E-state index in [1.54, 1.807) is 57.4 Å². The van der Waals surface area contributed by atoms with Crippen molar-refractivity contribution in [3.63, 3.8) is 0 Å².